The van der Waals surface area contributed by atoms with Crippen LogP contribution in [-0.2, 0) is 4.74 Å². The van der Waals surface area contributed by atoms with Crippen molar-refractivity contribution in [2.24, 2.45) is 17.8 Å². The van der Waals surface area contributed by atoms with E-state index in [2.05, 4.69) is 6.92 Å². The van der Waals surface area contributed by atoms with Gasteiger partial charge in [-0.15, -0.1) is 0 Å². The maximum absolute atomic E-state index is 12.8. The molecular weight excluding hydrogens is 325 g/mol. The lowest BCUT2D eigenvalue weighted by Gasteiger charge is -2.32. The summed E-state index contributed by atoms with van der Waals surface area (Å²) in [6.07, 6.45) is 19.4. The SMILES string of the molecule is CCCCC[C@H]1CC[C@H](CO[C@H]2CC[C@H](CCC=C(F)C#N)CC2)CC1. The average molecular weight is 364 g/mol. The maximum Gasteiger partial charge on any atom is 0.196 e. The molecule has 0 heterocycles. The monoisotopic (exact) mass is 363 g/mol. The quantitative estimate of drug-likeness (QED) is 0.306. The van der Waals surface area contributed by atoms with Crippen molar-refractivity contribution in [3.05, 3.63) is 11.9 Å². The Morgan fingerprint density at radius 3 is 2.23 bits per heavy atom. The largest absolute Gasteiger partial charge is 0.378 e. The average Bonchev–Trinajstić information content (AvgIpc) is 2.68. The van der Waals surface area contributed by atoms with Crippen LogP contribution in [0.25, 0.3) is 0 Å². The fourth-order valence-electron chi connectivity index (χ4n) is 4.72. The van der Waals surface area contributed by atoms with Crippen molar-refractivity contribution in [2.45, 2.75) is 103 Å². The van der Waals surface area contributed by atoms with E-state index < -0.39 is 5.83 Å². The van der Waals surface area contributed by atoms with Gasteiger partial charge in [0.1, 0.15) is 6.07 Å². The lowest BCUT2D eigenvalue weighted by molar-refractivity contribution is -0.0102. The first-order valence-electron chi connectivity index (χ1n) is 11.1. The second-order valence-electron chi connectivity index (χ2n) is 8.60. The molecule has 0 aromatic rings. The highest BCUT2D eigenvalue weighted by molar-refractivity contribution is 5.11. The molecule has 0 N–H and O–H groups in total. The minimum atomic E-state index is -0.637. The van der Waals surface area contributed by atoms with Gasteiger partial charge < -0.3 is 4.74 Å². The van der Waals surface area contributed by atoms with Crippen LogP contribution >= 0.6 is 0 Å². The summed E-state index contributed by atoms with van der Waals surface area (Å²) >= 11 is 0. The van der Waals surface area contributed by atoms with E-state index in [1.807, 2.05) is 0 Å². The van der Waals surface area contributed by atoms with E-state index in [1.54, 1.807) is 6.07 Å². The summed E-state index contributed by atoms with van der Waals surface area (Å²) in [4.78, 5) is 0. The summed E-state index contributed by atoms with van der Waals surface area (Å²) in [5.41, 5.74) is 0. The Kier molecular flexibility index (Phi) is 10.3. The minimum absolute atomic E-state index is 0.444. The van der Waals surface area contributed by atoms with Gasteiger partial charge in [0.25, 0.3) is 0 Å². The molecule has 0 atom stereocenters. The van der Waals surface area contributed by atoms with E-state index in [4.69, 9.17) is 10.00 Å². The molecule has 0 aliphatic heterocycles. The summed E-state index contributed by atoms with van der Waals surface area (Å²) in [5, 5.41) is 8.43. The van der Waals surface area contributed by atoms with Crippen molar-refractivity contribution < 1.29 is 9.13 Å². The predicted octanol–water partition coefficient (Wildman–Crippen LogP) is 7.11. The summed E-state index contributed by atoms with van der Waals surface area (Å²) < 4.78 is 19.1. The molecule has 26 heavy (non-hydrogen) atoms. The van der Waals surface area contributed by atoms with Crippen LogP contribution < -0.4 is 0 Å². The molecule has 2 saturated carbocycles. The van der Waals surface area contributed by atoms with Crippen LogP contribution in [0, 0.1) is 29.1 Å². The second-order valence-corrected chi connectivity index (χ2v) is 8.60. The van der Waals surface area contributed by atoms with Crippen molar-refractivity contribution >= 4 is 0 Å². The third-order valence-electron chi connectivity index (χ3n) is 6.55. The number of rotatable bonds is 10. The minimum Gasteiger partial charge on any atom is -0.378 e. The summed E-state index contributed by atoms with van der Waals surface area (Å²) in [6, 6.07) is 1.55. The molecule has 2 aliphatic rings. The van der Waals surface area contributed by atoms with Crippen LogP contribution in [0.3, 0.4) is 0 Å². The van der Waals surface area contributed by atoms with Crippen LogP contribution in [0.5, 0.6) is 0 Å². The molecule has 2 nitrogen and oxygen atoms in total. The number of nitrogens with zero attached hydrogens (tertiary/aromatic N) is 1. The molecule has 0 spiro atoms. The first kappa shape index (κ1) is 21.4. The zero-order chi connectivity index (χ0) is 18.6. The van der Waals surface area contributed by atoms with Gasteiger partial charge in [0.15, 0.2) is 5.83 Å². The molecule has 3 heteroatoms. The molecule has 0 aromatic heterocycles. The van der Waals surface area contributed by atoms with E-state index in [1.165, 1.54) is 70.3 Å². The standard InChI is InChI=1S/C23H38FNO/c1-2-3-4-6-19-9-11-21(12-10-19)18-26-23-15-13-20(14-16-23)7-5-8-22(24)17-25/h8,19-21,23H,2-7,9-16,18H2,1H3/t19-,20-,21-,23-. The van der Waals surface area contributed by atoms with Gasteiger partial charge in [-0.1, -0.05) is 45.4 Å². The van der Waals surface area contributed by atoms with Crippen LogP contribution in [-0.4, -0.2) is 12.7 Å². The molecule has 148 valence electrons. The molecule has 0 unspecified atom stereocenters. The van der Waals surface area contributed by atoms with Crippen LogP contribution in [0.1, 0.15) is 96.8 Å². The smallest absolute Gasteiger partial charge is 0.196 e. The van der Waals surface area contributed by atoms with Gasteiger partial charge in [-0.3, -0.25) is 0 Å². The molecule has 0 radical (unpaired) electrons. The molecular formula is C23H38FNO. The topological polar surface area (TPSA) is 33.0 Å². The second kappa shape index (κ2) is 12.5. The number of halogens is 1. The van der Waals surface area contributed by atoms with Crippen molar-refractivity contribution in [1.29, 1.82) is 5.26 Å². The van der Waals surface area contributed by atoms with Gasteiger partial charge in [0.2, 0.25) is 0 Å². The number of allylic oxidation sites excluding steroid dienone is 2. The van der Waals surface area contributed by atoms with Gasteiger partial charge in [-0.2, -0.15) is 9.65 Å². The number of nitriles is 1. The highest BCUT2D eigenvalue weighted by atomic mass is 19.1. The lowest BCUT2D eigenvalue weighted by atomic mass is 9.80. The number of hydrogen-bond acceptors (Lipinski definition) is 2. The zero-order valence-corrected chi connectivity index (χ0v) is 16.7. The Morgan fingerprint density at radius 1 is 0.962 bits per heavy atom. The molecule has 0 amide bonds. The Morgan fingerprint density at radius 2 is 1.58 bits per heavy atom. The van der Waals surface area contributed by atoms with Gasteiger partial charge in [0, 0.05) is 6.61 Å². The number of ether oxygens (including phenoxy) is 1. The molecule has 0 bridgehead atoms. The lowest BCUT2D eigenvalue weighted by Crippen LogP contribution is -2.26. The highest BCUT2D eigenvalue weighted by Crippen LogP contribution is 2.34. The third kappa shape index (κ3) is 8.21. The number of hydrogen-bond donors (Lipinski definition) is 0. The van der Waals surface area contributed by atoms with E-state index in [9.17, 15) is 4.39 Å². The Labute approximate surface area is 160 Å². The van der Waals surface area contributed by atoms with Gasteiger partial charge in [-0.25, -0.2) is 0 Å². The fourth-order valence-corrected chi connectivity index (χ4v) is 4.72. The summed E-state index contributed by atoms with van der Waals surface area (Å²) in [5.74, 6) is 1.81. The highest BCUT2D eigenvalue weighted by Gasteiger charge is 2.24. The van der Waals surface area contributed by atoms with Crippen molar-refractivity contribution in [3.63, 3.8) is 0 Å². The number of unbranched alkanes of at least 4 members (excludes halogenated alkanes) is 2. The fraction of sp³-hybridized carbons (Fsp3) is 0.870. The van der Waals surface area contributed by atoms with Crippen molar-refractivity contribution in [3.8, 4) is 6.07 Å². The van der Waals surface area contributed by atoms with Crippen molar-refractivity contribution in [1.82, 2.24) is 0 Å². The molecule has 2 rings (SSSR count). The zero-order valence-electron chi connectivity index (χ0n) is 16.7. The van der Waals surface area contributed by atoms with Gasteiger partial charge >= 0.3 is 0 Å². The maximum atomic E-state index is 12.8. The molecule has 2 fully saturated rings. The Hall–Kier alpha value is -0.880. The van der Waals surface area contributed by atoms with Gasteiger partial charge in [0.05, 0.1) is 6.10 Å². The Bertz CT molecular complexity index is 440. The predicted molar refractivity (Wildman–Crippen MR) is 105 cm³/mol. The first-order chi connectivity index (χ1) is 12.7. The Balaban J connectivity index is 1.52. The van der Waals surface area contributed by atoms with Gasteiger partial charge in [-0.05, 0) is 75.2 Å². The van der Waals surface area contributed by atoms with E-state index in [-0.39, 0.29) is 0 Å². The van der Waals surface area contributed by atoms with Crippen LogP contribution in [0.15, 0.2) is 11.9 Å². The van der Waals surface area contributed by atoms with Crippen molar-refractivity contribution in [2.75, 3.05) is 6.61 Å². The summed E-state index contributed by atoms with van der Waals surface area (Å²) in [7, 11) is 0. The first-order valence-corrected chi connectivity index (χ1v) is 11.1. The third-order valence-corrected chi connectivity index (χ3v) is 6.55. The molecule has 2 aliphatic carbocycles. The van der Waals surface area contributed by atoms with E-state index >= 15 is 0 Å². The summed E-state index contributed by atoms with van der Waals surface area (Å²) in [6.45, 7) is 3.25. The molecule has 0 aromatic carbocycles. The van der Waals surface area contributed by atoms with E-state index in [0.717, 1.165) is 37.7 Å². The van der Waals surface area contributed by atoms with Crippen LogP contribution in [0.2, 0.25) is 0 Å². The molecule has 0 saturated heterocycles. The van der Waals surface area contributed by atoms with Crippen LogP contribution in [0.4, 0.5) is 4.39 Å². The van der Waals surface area contributed by atoms with E-state index in [0.29, 0.717) is 18.4 Å². The normalized spacial score (nSPS) is 30.1.